The molecule has 0 atom stereocenters. The van der Waals surface area contributed by atoms with Gasteiger partial charge in [-0.1, -0.05) is 0 Å². The number of nitrogens with zero attached hydrogens (tertiary/aromatic N) is 1. The van der Waals surface area contributed by atoms with Crippen LogP contribution in [-0.4, -0.2) is 24.5 Å². The first-order chi connectivity index (χ1) is 9.69. The highest BCUT2D eigenvalue weighted by Crippen LogP contribution is 2.26. The van der Waals surface area contributed by atoms with Crippen molar-refractivity contribution < 1.29 is 13.9 Å². The van der Waals surface area contributed by atoms with Crippen LogP contribution in [0.1, 0.15) is 20.8 Å². The molecule has 0 aliphatic carbocycles. The zero-order chi connectivity index (χ0) is 14.1. The number of benzene rings is 1. The van der Waals surface area contributed by atoms with Crippen molar-refractivity contribution in [2.75, 3.05) is 13.7 Å². The van der Waals surface area contributed by atoms with Gasteiger partial charge in [-0.3, -0.25) is 4.79 Å². The number of hydrogen-bond donors (Lipinski definition) is 0. The Morgan fingerprint density at radius 1 is 1.40 bits per heavy atom. The fraction of sp³-hybridized carbons (Fsp3) is 0.267. The predicted octanol–water partition coefficient (Wildman–Crippen LogP) is 3.09. The van der Waals surface area contributed by atoms with Crippen LogP contribution in [0.4, 0.5) is 4.39 Å². The third-order valence-electron chi connectivity index (χ3n) is 3.50. The summed E-state index contributed by atoms with van der Waals surface area (Å²) in [5.41, 5.74) is 1.27. The number of hydrogen-bond acceptors (Lipinski definition) is 3. The third kappa shape index (κ3) is 2.29. The summed E-state index contributed by atoms with van der Waals surface area (Å²) in [5, 5.41) is 2.03. The summed E-state index contributed by atoms with van der Waals surface area (Å²) < 4.78 is 18.9. The second-order valence-electron chi connectivity index (χ2n) is 4.69. The first-order valence-electron chi connectivity index (χ1n) is 6.37. The number of methoxy groups -OCH3 is 1. The third-order valence-corrected chi connectivity index (χ3v) is 4.52. The Balaban J connectivity index is 1.83. The molecule has 20 heavy (non-hydrogen) atoms. The summed E-state index contributed by atoms with van der Waals surface area (Å²) in [7, 11) is 1.47. The lowest BCUT2D eigenvalue weighted by Crippen LogP contribution is -2.35. The molecule has 5 heteroatoms. The maximum Gasteiger partial charge on any atom is 0.257 e. The predicted molar refractivity (Wildman–Crippen MR) is 75.7 cm³/mol. The van der Waals surface area contributed by atoms with Crippen LogP contribution in [0.2, 0.25) is 0 Å². The lowest BCUT2D eigenvalue weighted by molar-refractivity contribution is 0.0731. The summed E-state index contributed by atoms with van der Waals surface area (Å²) in [6, 6.07) is 6.37. The molecule has 3 rings (SSSR count). The van der Waals surface area contributed by atoms with Crippen LogP contribution in [0, 0.1) is 5.82 Å². The molecule has 0 spiro atoms. The molecule has 0 saturated heterocycles. The highest BCUT2D eigenvalue weighted by molar-refractivity contribution is 7.10. The van der Waals surface area contributed by atoms with Gasteiger partial charge in [-0.05, 0) is 35.6 Å². The molecule has 0 saturated carbocycles. The van der Waals surface area contributed by atoms with Gasteiger partial charge in [0.1, 0.15) is 11.6 Å². The minimum atomic E-state index is -0.537. The molecule has 104 valence electrons. The quantitative estimate of drug-likeness (QED) is 0.851. The molecule has 1 aliphatic heterocycles. The normalized spacial score (nSPS) is 14.0. The number of rotatable bonds is 2. The van der Waals surface area contributed by atoms with Crippen LogP contribution in [0.5, 0.6) is 5.75 Å². The second kappa shape index (κ2) is 5.25. The van der Waals surface area contributed by atoms with E-state index in [0.29, 0.717) is 18.8 Å². The molecule has 1 aromatic heterocycles. The average molecular weight is 291 g/mol. The van der Waals surface area contributed by atoms with E-state index in [1.54, 1.807) is 22.3 Å². The maximum absolute atomic E-state index is 14.0. The van der Waals surface area contributed by atoms with Crippen LogP contribution >= 0.6 is 11.3 Å². The van der Waals surface area contributed by atoms with E-state index in [1.165, 1.54) is 29.7 Å². The van der Waals surface area contributed by atoms with Gasteiger partial charge in [0.25, 0.3) is 5.91 Å². The molecule has 0 N–H and O–H groups in total. The molecule has 1 aromatic carbocycles. The van der Waals surface area contributed by atoms with Crippen molar-refractivity contribution in [1.29, 1.82) is 0 Å². The highest BCUT2D eigenvalue weighted by atomic mass is 32.1. The van der Waals surface area contributed by atoms with E-state index < -0.39 is 5.82 Å². The number of halogens is 1. The molecule has 0 radical (unpaired) electrons. The molecule has 2 aromatic rings. The zero-order valence-electron chi connectivity index (χ0n) is 11.1. The summed E-state index contributed by atoms with van der Waals surface area (Å²) in [4.78, 5) is 15.4. The van der Waals surface area contributed by atoms with Gasteiger partial charge in [0, 0.05) is 24.0 Å². The second-order valence-corrected chi connectivity index (χ2v) is 5.69. The fourth-order valence-electron chi connectivity index (χ4n) is 2.39. The number of amides is 1. The van der Waals surface area contributed by atoms with E-state index in [9.17, 15) is 9.18 Å². The van der Waals surface area contributed by atoms with Gasteiger partial charge in [-0.2, -0.15) is 0 Å². The Morgan fingerprint density at radius 2 is 2.25 bits per heavy atom. The molecule has 2 heterocycles. The molecule has 0 fully saturated rings. The summed E-state index contributed by atoms with van der Waals surface area (Å²) in [6.07, 6.45) is 0.844. The lowest BCUT2D eigenvalue weighted by atomic mass is 10.1. The van der Waals surface area contributed by atoms with Gasteiger partial charge in [0.05, 0.1) is 12.7 Å². The Kier molecular flexibility index (Phi) is 3.44. The molecule has 1 amide bonds. The van der Waals surface area contributed by atoms with Gasteiger partial charge in [0.15, 0.2) is 0 Å². The Bertz CT molecular complexity index is 653. The smallest absolute Gasteiger partial charge is 0.257 e. The number of carbonyl (C=O) groups is 1. The van der Waals surface area contributed by atoms with E-state index in [4.69, 9.17) is 4.74 Å². The van der Waals surface area contributed by atoms with E-state index in [0.717, 1.165) is 6.42 Å². The topological polar surface area (TPSA) is 29.5 Å². The summed E-state index contributed by atoms with van der Waals surface area (Å²) in [5.74, 6) is -0.384. The van der Waals surface area contributed by atoms with E-state index in [1.807, 2.05) is 11.4 Å². The largest absolute Gasteiger partial charge is 0.497 e. The summed E-state index contributed by atoms with van der Waals surface area (Å²) >= 11 is 1.71. The molecule has 1 aliphatic rings. The van der Waals surface area contributed by atoms with Crippen molar-refractivity contribution in [2.45, 2.75) is 13.0 Å². The van der Waals surface area contributed by atoms with Crippen molar-refractivity contribution in [2.24, 2.45) is 0 Å². The van der Waals surface area contributed by atoms with Crippen LogP contribution in [0.15, 0.2) is 29.6 Å². The van der Waals surface area contributed by atoms with Crippen LogP contribution in [0.3, 0.4) is 0 Å². The van der Waals surface area contributed by atoms with Crippen molar-refractivity contribution in [1.82, 2.24) is 4.90 Å². The van der Waals surface area contributed by atoms with Gasteiger partial charge < -0.3 is 9.64 Å². The monoisotopic (exact) mass is 291 g/mol. The van der Waals surface area contributed by atoms with Gasteiger partial charge in [-0.25, -0.2) is 4.39 Å². The molecule has 3 nitrogen and oxygen atoms in total. The first kappa shape index (κ1) is 13.1. The van der Waals surface area contributed by atoms with Gasteiger partial charge >= 0.3 is 0 Å². The van der Waals surface area contributed by atoms with E-state index in [-0.39, 0.29) is 11.5 Å². The molecule has 0 bridgehead atoms. The van der Waals surface area contributed by atoms with Crippen LogP contribution < -0.4 is 4.74 Å². The Labute approximate surface area is 120 Å². The first-order valence-corrected chi connectivity index (χ1v) is 7.25. The van der Waals surface area contributed by atoms with Gasteiger partial charge in [-0.15, -0.1) is 11.3 Å². The number of carbonyl (C=O) groups excluding carboxylic acids is 1. The van der Waals surface area contributed by atoms with Crippen LogP contribution in [-0.2, 0) is 13.0 Å². The minimum Gasteiger partial charge on any atom is -0.497 e. The van der Waals surface area contributed by atoms with Crippen LogP contribution in [0.25, 0.3) is 0 Å². The standard InChI is InChI=1S/C15H14FNO2S/c1-19-11-2-3-12(13(16)8-11)15(18)17-6-4-14-10(9-17)5-7-20-14/h2-3,5,7-8H,4,6,9H2,1H3. The maximum atomic E-state index is 14.0. The fourth-order valence-corrected chi connectivity index (χ4v) is 3.28. The highest BCUT2D eigenvalue weighted by Gasteiger charge is 2.24. The zero-order valence-corrected chi connectivity index (χ0v) is 11.9. The van der Waals surface area contributed by atoms with Crippen molar-refractivity contribution in [3.63, 3.8) is 0 Å². The molecular weight excluding hydrogens is 277 g/mol. The summed E-state index contributed by atoms with van der Waals surface area (Å²) in [6.45, 7) is 1.20. The van der Waals surface area contributed by atoms with Gasteiger partial charge in [0.2, 0.25) is 0 Å². The minimum absolute atomic E-state index is 0.101. The molecule has 0 unspecified atom stereocenters. The van der Waals surface area contributed by atoms with Crippen molar-refractivity contribution >= 4 is 17.2 Å². The average Bonchev–Trinajstić information content (AvgIpc) is 2.93. The van der Waals surface area contributed by atoms with Crippen molar-refractivity contribution in [3.05, 3.63) is 51.5 Å². The lowest BCUT2D eigenvalue weighted by Gasteiger charge is -2.27. The SMILES string of the molecule is COc1ccc(C(=O)N2CCc3sccc3C2)c(F)c1. The Morgan fingerprint density at radius 3 is 3.00 bits per heavy atom. The number of fused-ring (bicyclic) bond motifs is 1. The van der Waals surface area contributed by atoms with E-state index in [2.05, 4.69) is 0 Å². The van der Waals surface area contributed by atoms with E-state index >= 15 is 0 Å². The number of ether oxygens (including phenoxy) is 1. The Hall–Kier alpha value is -1.88. The van der Waals surface area contributed by atoms with Crippen molar-refractivity contribution in [3.8, 4) is 5.75 Å². The number of thiophene rings is 1. The molecular formula is C15H14FNO2S.